The molecule has 1 amide bonds. The van der Waals surface area contributed by atoms with Crippen LogP contribution in [0.5, 0.6) is 0 Å². The molecule has 1 rings (SSSR count). The first kappa shape index (κ1) is 21.9. The van der Waals surface area contributed by atoms with Crippen molar-refractivity contribution in [3.8, 4) is 0 Å². The average Bonchev–Trinajstić information content (AvgIpc) is 2.63. The Labute approximate surface area is 156 Å². The van der Waals surface area contributed by atoms with Crippen LogP contribution in [0.3, 0.4) is 0 Å². The summed E-state index contributed by atoms with van der Waals surface area (Å²) in [4.78, 5) is 35.1. The lowest BCUT2D eigenvalue weighted by Crippen LogP contribution is -2.33. The molecular weight excluding hydrogens is 330 g/mol. The van der Waals surface area contributed by atoms with E-state index in [1.165, 1.54) is 0 Å². The van der Waals surface area contributed by atoms with Gasteiger partial charge in [0.25, 0.3) is 0 Å². The Morgan fingerprint density at radius 1 is 0.962 bits per heavy atom. The van der Waals surface area contributed by atoms with Gasteiger partial charge in [-0.2, -0.15) is 0 Å². The van der Waals surface area contributed by atoms with Crippen molar-refractivity contribution in [2.24, 2.45) is 0 Å². The Bertz CT molecular complexity index is 556. The highest BCUT2D eigenvalue weighted by molar-refractivity contribution is 5.85. The van der Waals surface area contributed by atoms with E-state index >= 15 is 0 Å². The van der Waals surface area contributed by atoms with Gasteiger partial charge in [-0.1, -0.05) is 43.7 Å². The van der Waals surface area contributed by atoms with Gasteiger partial charge in [-0.25, -0.2) is 4.79 Å². The summed E-state index contributed by atoms with van der Waals surface area (Å²) in [6, 6.07) is 9.44. The fourth-order valence-corrected chi connectivity index (χ4v) is 2.55. The molecule has 0 bridgehead atoms. The zero-order chi connectivity index (χ0) is 19.2. The Morgan fingerprint density at radius 2 is 1.58 bits per heavy atom. The predicted octanol–water partition coefficient (Wildman–Crippen LogP) is 4.58. The molecule has 144 valence electrons. The Balaban J connectivity index is 2.09. The van der Waals surface area contributed by atoms with E-state index in [2.05, 4.69) is 5.32 Å². The van der Waals surface area contributed by atoms with Crippen LogP contribution in [-0.4, -0.2) is 23.7 Å². The minimum absolute atomic E-state index is 0.0581. The first-order chi connectivity index (χ1) is 12.5. The maximum atomic E-state index is 11.8. The van der Waals surface area contributed by atoms with Gasteiger partial charge < -0.3 is 10.1 Å². The van der Waals surface area contributed by atoms with Crippen LogP contribution in [0.25, 0.3) is 0 Å². The molecule has 0 spiro atoms. The van der Waals surface area contributed by atoms with Gasteiger partial charge in [0.05, 0.1) is 0 Å². The summed E-state index contributed by atoms with van der Waals surface area (Å²) in [7, 11) is 0. The number of amides is 1. The van der Waals surface area contributed by atoms with Crippen LogP contribution in [0.2, 0.25) is 0 Å². The second-order valence-electron chi connectivity index (χ2n) is 6.68. The number of Topliss-reactive ketones (excluding diaryl/α,β-unsaturated/α-hetero) is 2. The van der Waals surface area contributed by atoms with E-state index in [1.807, 2.05) is 44.2 Å². The van der Waals surface area contributed by atoms with Crippen LogP contribution >= 0.6 is 0 Å². The monoisotopic (exact) mass is 361 g/mol. The quantitative estimate of drug-likeness (QED) is 0.558. The normalized spacial score (nSPS) is 11.6. The topological polar surface area (TPSA) is 72.5 Å². The first-order valence-electron chi connectivity index (χ1n) is 9.52. The van der Waals surface area contributed by atoms with Crippen LogP contribution in [0.15, 0.2) is 30.3 Å². The van der Waals surface area contributed by atoms with Gasteiger partial charge in [0.2, 0.25) is 0 Å². The molecule has 0 saturated carbocycles. The molecule has 0 heterocycles. The molecule has 1 atom stereocenters. The van der Waals surface area contributed by atoms with E-state index in [1.54, 1.807) is 0 Å². The van der Waals surface area contributed by atoms with Crippen molar-refractivity contribution in [3.05, 3.63) is 35.9 Å². The molecule has 0 aromatic heterocycles. The van der Waals surface area contributed by atoms with E-state index in [9.17, 15) is 14.4 Å². The van der Waals surface area contributed by atoms with E-state index in [4.69, 9.17) is 4.74 Å². The molecule has 1 aromatic carbocycles. The highest BCUT2D eigenvalue weighted by Gasteiger charge is 2.11. The van der Waals surface area contributed by atoms with Crippen molar-refractivity contribution in [3.63, 3.8) is 0 Å². The fourth-order valence-electron chi connectivity index (χ4n) is 2.55. The van der Waals surface area contributed by atoms with Crippen LogP contribution < -0.4 is 5.32 Å². The molecule has 0 unspecified atom stereocenters. The second kappa shape index (κ2) is 13.1. The molecule has 5 nitrogen and oxygen atoms in total. The smallest absolute Gasteiger partial charge is 0.407 e. The lowest BCUT2D eigenvalue weighted by atomic mass is 10.0. The Morgan fingerprint density at radius 3 is 2.19 bits per heavy atom. The van der Waals surface area contributed by atoms with E-state index in [-0.39, 0.29) is 24.2 Å². The Kier molecular flexibility index (Phi) is 11.0. The van der Waals surface area contributed by atoms with Crippen LogP contribution in [-0.2, 0) is 20.9 Å². The summed E-state index contributed by atoms with van der Waals surface area (Å²) in [5, 5.41) is 2.77. The largest absolute Gasteiger partial charge is 0.445 e. The first-order valence-corrected chi connectivity index (χ1v) is 9.52. The number of carbonyl (C=O) groups excluding carboxylic acids is 3. The highest BCUT2D eigenvalue weighted by Crippen LogP contribution is 2.08. The lowest BCUT2D eigenvalue weighted by Gasteiger charge is -2.13. The average molecular weight is 361 g/mol. The summed E-state index contributed by atoms with van der Waals surface area (Å²) < 4.78 is 5.17. The molecule has 0 aliphatic heterocycles. The van der Waals surface area contributed by atoms with Crippen molar-refractivity contribution >= 4 is 17.7 Å². The molecule has 0 fully saturated rings. The maximum Gasteiger partial charge on any atom is 0.407 e. The van der Waals surface area contributed by atoms with Crippen molar-refractivity contribution in [1.29, 1.82) is 0 Å². The summed E-state index contributed by atoms with van der Waals surface area (Å²) in [6.45, 7) is 4.18. The van der Waals surface area contributed by atoms with E-state index in [0.29, 0.717) is 38.5 Å². The highest BCUT2D eigenvalue weighted by atomic mass is 16.5. The summed E-state index contributed by atoms with van der Waals surface area (Å²) in [5.41, 5.74) is 0.939. The van der Waals surface area contributed by atoms with Crippen molar-refractivity contribution in [1.82, 2.24) is 5.32 Å². The number of benzene rings is 1. The second-order valence-corrected chi connectivity index (χ2v) is 6.68. The summed E-state index contributed by atoms with van der Waals surface area (Å²) in [6.07, 6.45) is 4.57. The third-order valence-corrected chi connectivity index (χ3v) is 4.16. The zero-order valence-electron chi connectivity index (χ0n) is 16.0. The van der Waals surface area contributed by atoms with Gasteiger partial charge in [0.15, 0.2) is 0 Å². The molecule has 0 aliphatic carbocycles. The standard InChI is InChI=1S/C21H31NO4/c1-3-4-12-19(23)14-15-20(24)13-8-9-17(2)22-21(25)26-16-18-10-6-5-7-11-18/h5-7,10-11,17H,3-4,8-9,12-16H2,1-2H3,(H,22,25)/t17-/m0/s1. The number of nitrogens with one attached hydrogen (secondary N) is 1. The lowest BCUT2D eigenvalue weighted by molar-refractivity contribution is -0.124. The van der Waals surface area contributed by atoms with Crippen molar-refractivity contribution in [2.75, 3.05) is 0 Å². The van der Waals surface area contributed by atoms with Gasteiger partial charge in [-0.05, 0) is 31.7 Å². The number of alkyl carbamates (subject to hydrolysis) is 1. The van der Waals surface area contributed by atoms with Crippen LogP contribution in [0.4, 0.5) is 4.79 Å². The molecule has 1 aromatic rings. The van der Waals surface area contributed by atoms with Crippen molar-refractivity contribution < 1.29 is 19.1 Å². The third kappa shape index (κ3) is 10.6. The summed E-state index contributed by atoms with van der Waals surface area (Å²) in [5.74, 6) is 0.296. The molecule has 0 saturated heterocycles. The minimum Gasteiger partial charge on any atom is -0.445 e. The van der Waals surface area contributed by atoms with Crippen molar-refractivity contribution in [2.45, 2.75) is 77.9 Å². The number of carbonyl (C=O) groups is 3. The molecule has 0 radical (unpaired) electrons. The van der Waals surface area contributed by atoms with Gasteiger partial charge in [-0.15, -0.1) is 0 Å². The number of hydrogen-bond acceptors (Lipinski definition) is 4. The number of ether oxygens (including phenoxy) is 1. The van der Waals surface area contributed by atoms with Gasteiger partial charge in [0, 0.05) is 31.7 Å². The molecule has 5 heteroatoms. The number of ketones is 2. The van der Waals surface area contributed by atoms with E-state index < -0.39 is 6.09 Å². The van der Waals surface area contributed by atoms with Crippen LogP contribution in [0, 0.1) is 0 Å². The minimum atomic E-state index is -0.450. The molecule has 1 N–H and O–H groups in total. The molecule has 26 heavy (non-hydrogen) atoms. The molecule has 0 aliphatic rings. The SMILES string of the molecule is CCCCC(=O)CCC(=O)CCC[C@H](C)NC(=O)OCc1ccccc1. The van der Waals surface area contributed by atoms with Gasteiger partial charge in [-0.3, -0.25) is 9.59 Å². The number of unbranched alkanes of at least 4 members (excludes halogenated alkanes) is 1. The number of hydrogen-bond donors (Lipinski definition) is 1. The Hall–Kier alpha value is -2.17. The molecular formula is C21H31NO4. The van der Waals surface area contributed by atoms with Crippen LogP contribution in [0.1, 0.15) is 70.8 Å². The van der Waals surface area contributed by atoms with Gasteiger partial charge >= 0.3 is 6.09 Å². The summed E-state index contributed by atoms with van der Waals surface area (Å²) >= 11 is 0. The maximum absolute atomic E-state index is 11.8. The predicted molar refractivity (Wildman–Crippen MR) is 102 cm³/mol. The third-order valence-electron chi connectivity index (χ3n) is 4.16. The van der Waals surface area contributed by atoms with E-state index in [0.717, 1.165) is 18.4 Å². The number of rotatable bonds is 13. The zero-order valence-corrected chi connectivity index (χ0v) is 16.0. The van der Waals surface area contributed by atoms with Gasteiger partial charge in [0.1, 0.15) is 18.2 Å². The fraction of sp³-hybridized carbons (Fsp3) is 0.571.